The molecule has 1 aromatic heterocycles. The van der Waals surface area contributed by atoms with E-state index in [2.05, 4.69) is 9.97 Å². The van der Waals surface area contributed by atoms with Gasteiger partial charge < -0.3 is 0 Å². The van der Waals surface area contributed by atoms with Gasteiger partial charge in [-0.3, -0.25) is 4.79 Å². The second-order valence-corrected chi connectivity index (χ2v) is 2.86. The number of halogens is 1. The number of allylic oxidation sites excluding steroid dienone is 1. The third kappa shape index (κ3) is 1.12. The Kier molecular flexibility index (Phi) is 1.66. The van der Waals surface area contributed by atoms with Crippen LogP contribution in [0.15, 0.2) is 12.4 Å². The van der Waals surface area contributed by atoms with Crippen LogP contribution in [0.4, 0.5) is 0 Å². The second-order valence-electron chi connectivity index (χ2n) is 2.50. The van der Waals surface area contributed by atoms with Gasteiger partial charge in [0, 0.05) is 12.0 Å². The van der Waals surface area contributed by atoms with Crippen molar-refractivity contribution in [2.45, 2.75) is 6.42 Å². The molecule has 0 saturated heterocycles. The summed E-state index contributed by atoms with van der Waals surface area (Å²) in [5.74, 6) is 0.0409. The van der Waals surface area contributed by atoms with Gasteiger partial charge in [0.05, 0.1) is 5.69 Å². The number of ketones is 1. The maximum atomic E-state index is 11.0. The highest BCUT2D eigenvalue weighted by Gasteiger charge is 2.14. The minimum absolute atomic E-state index is 0.0409. The van der Waals surface area contributed by atoms with Crippen LogP contribution < -0.4 is 0 Å². The zero-order valence-corrected chi connectivity index (χ0v) is 6.88. The molecule has 1 aliphatic rings. The van der Waals surface area contributed by atoms with Crippen LogP contribution in [0.25, 0.3) is 6.08 Å². The number of hydrogen-bond donors (Lipinski definition) is 0. The molecule has 2 rings (SSSR count). The van der Waals surface area contributed by atoms with E-state index in [4.69, 9.17) is 11.6 Å². The Balaban J connectivity index is 2.60. The Bertz CT molecular complexity index is 373. The summed E-state index contributed by atoms with van der Waals surface area (Å²) in [4.78, 5) is 18.8. The molecule has 0 aliphatic heterocycles. The van der Waals surface area contributed by atoms with E-state index in [0.29, 0.717) is 11.6 Å². The number of carbonyl (C=O) groups is 1. The van der Waals surface area contributed by atoms with E-state index in [1.807, 2.05) is 0 Å². The van der Waals surface area contributed by atoms with Gasteiger partial charge in [0.2, 0.25) is 0 Å². The first kappa shape index (κ1) is 7.43. The largest absolute Gasteiger partial charge is 0.294 e. The molecule has 0 unspecified atom stereocenters. The van der Waals surface area contributed by atoms with Crippen LogP contribution in [-0.2, 0) is 11.2 Å². The maximum Gasteiger partial charge on any atom is 0.160 e. The van der Waals surface area contributed by atoms with E-state index in [9.17, 15) is 4.79 Å². The van der Waals surface area contributed by atoms with Gasteiger partial charge in [0.15, 0.2) is 5.78 Å². The molecule has 0 spiro atoms. The van der Waals surface area contributed by atoms with E-state index in [0.717, 1.165) is 11.3 Å². The SMILES string of the molecule is O=C1C=Cc2ncnc(Cl)c2C1. The Morgan fingerprint density at radius 2 is 2.17 bits per heavy atom. The average Bonchev–Trinajstić information content (AvgIpc) is 2.07. The molecule has 0 fully saturated rings. The lowest BCUT2D eigenvalue weighted by molar-refractivity contribution is -0.114. The standard InChI is InChI=1S/C8H5ClN2O/c9-8-6-3-5(12)1-2-7(6)10-4-11-8/h1-2,4H,3H2. The van der Waals surface area contributed by atoms with Crippen molar-refractivity contribution in [2.24, 2.45) is 0 Å². The number of rotatable bonds is 0. The van der Waals surface area contributed by atoms with Crippen LogP contribution >= 0.6 is 11.6 Å². The number of carbonyl (C=O) groups excluding carboxylic acids is 1. The van der Waals surface area contributed by atoms with Crippen molar-refractivity contribution in [3.63, 3.8) is 0 Å². The molecule has 0 bridgehead atoms. The molecular weight excluding hydrogens is 176 g/mol. The summed E-state index contributed by atoms with van der Waals surface area (Å²) in [6, 6.07) is 0. The summed E-state index contributed by atoms with van der Waals surface area (Å²) in [5, 5.41) is 0.373. The van der Waals surface area contributed by atoms with E-state index < -0.39 is 0 Å². The Labute approximate surface area is 74.1 Å². The summed E-state index contributed by atoms with van der Waals surface area (Å²) in [7, 11) is 0. The highest BCUT2D eigenvalue weighted by atomic mass is 35.5. The molecule has 4 heteroatoms. The molecule has 1 aliphatic carbocycles. The molecule has 1 aromatic rings. The average molecular weight is 181 g/mol. The molecule has 0 atom stereocenters. The highest BCUT2D eigenvalue weighted by Crippen LogP contribution is 2.20. The van der Waals surface area contributed by atoms with E-state index >= 15 is 0 Å². The van der Waals surface area contributed by atoms with Gasteiger partial charge in [-0.1, -0.05) is 11.6 Å². The normalized spacial score (nSPS) is 14.6. The lowest BCUT2D eigenvalue weighted by atomic mass is 10.0. The molecule has 0 radical (unpaired) electrons. The number of aromatic nitrogens is 2. The minimum atomic E-state index is 0.0409. The monoisotopic (exact) mass is 180 g/mol. The molecule has 0 N–H and O–H groups in total. The summed E-state index contributed by atoms with van der Waals surface area (Å²) >= 11 is 5.77. The fourth-order valence-electron chi connectivity index (χ4n) is 1.12. The van der Waals surface area contributed by atoms with Gasteiger partial charge >= 0.3 is 0 Å². The molecule has 1 heterocycles. The van der Waals surface area contributed by atoms with Crippen molar-refractivity contribution in [1.29, 1.82) is 0 Å². The zero-order valence-electron chi connectivity index (χ0n) is 6.12. The van der Waals surface area contributed by atoms with Crippen LogP contribution in [0.3, 0.4) is 0 Å². The van der Waals surface area contributed by atoms with Crippen LogP contribution in [-0.4, -0.2) is 15.8 Å². The molecule has 60 valence electrons. The van der Waals surface area contributed by atoms with Crippen LogP contribution in [0, 0.1) is 0 Å². The van der Waals surface area contributed by atoms with Gasteiger partial charge in [0.1, 0.15) is 11.5 Å². The number of nitrogens with zero attached hydrogens (tertiary/aromatic N) is 2. The topological polar surface area (TPSA) is 42.9 Å². The molecular formula is C8H5ClN2O. The van der Waals surface area contributed by atoms with Crippen molar-refractivity contribution < 1.29 is 4.79 Å². The lowest BCUT2D eigenvalue weighted by Crippen LogP contribution is -2.08. The fraction of sp³-hybridized carbons (Fsp3) is 0.125. The predicted octanol–water partition coefficient (Wildman–Crippen LogP) is 1.27. The summed E-state index contributed by atoms with van der Waals surface area (Å²) in [6.45, 7) is 0. The molecule has 0 amide bonds. The van der Waals surface area contributed by atoms with Gasteiger partial charge in [-0.05, 0) is 12.2 Å². The third-order valence-corrected chi connectivity index (χ3v) is 2.03. The maximum absolute atomic E-state index is 11.0. The lowest BCUT2D eigenvalue weighted by Gasteiger charge is -2.07. The molecule has 12 heavy (non-hydrogen) atoms. The first-order chi connectivity index (χ1) is 5.77. The molecule has 0 saturated carbocycles. The van der Waals surface area contributed by atoms with Gasteiger partial charge in [-0.15, -0.1) is 0 Å². The minimum Gasteiger partial charge on any atom is -0.294 e. The van der Waals surface area contributed by atoms with E-state index in [1.54, 1.807) is 6.08 Å². The quantitative estimate of drug-likeness (QED) is 0.565. The van der Waals surface area contributed by atoms with Crippen molar-refractivity contribution in [1.82, 2.24) is 9.97 Å². The van der Waals surface area contributed by atoms with Crippen LogP contribution in [0.2, 0.25) is 5.15 Å². The Morgan fingerprint density at radius 1 is 1.33 bits per heavy atom. The van der Waals surface area contributed by atoms with Crippen molar-refractivity contribution in [3.8, 4) is 0 Å². The summed E-state index contributed by atoms with van der Waals surface area (Å²) in [6.07, 6.45) is 4.87. The molecule has 3 nitrogen and oxygen atoms in total. The Morgan fingerprint density at radius 3 is 3.00 bits per heavy atom. The van der Waals surface area contributed by atoms with Crippen molar-refractivity contribution in [3.05, 3.63) is 28.8 Å². The predicted molar refractivity (Wildman–Crippen MR) is 44.8 cm³/mol. The van der Waals surface area contributed by atoms with E-state index in [1.165, 1.54) is 12.4 Å². The fourth-order valence-corrected chi connectivity index (χ4v) is 1.32. The van der Waals surface area contributed by atoms with E-state index in [-0.39, 0.29) is 5.78 Å². The van der Waals surface area contributed by atoms with Crippen LogP contribution in [0.5, 0.6) is 0 Å². The summed E-state index contributed by atoms with van der Waals surface area (Å²) in [5.41, 5.74) is 1.47. The first-order valence-corrected chi connectivity index (χ1v) is 3.85. The van der Waals surface area contributed by atoms with Crippen molar-refractivity contribution in [2.75, 3.05) is 0 Å². The van der Waals surface area contributed by atoms with Crippen molar-refractivity contribution >= 4 is 23.5 Å². The smallest absolute Gasteiger partial charge is 0.160 e. The second kappa shape index (κ2) is 2.68. The zero-order chi connectivity index (χ0) is 8.55. The first-order valence-electron chi connectivity index (χ1n) is 3.47. The highest BCUT2D eigenvalue weighted by molar-refractivity contribution is 6.30. The number of hydrogen-bond acceptors (Lipinski definition) is 3. The molecule has 0 aromatic carbocycles. The Hall–Kier alpha value is -1.22. The van der Waals surface area contributed by atoms with Gasteiger partial charge in [0.25, 0.3) is 0 Å². The third-order valence-electron chi connectivity index (χ3n) is 1.70. The summed E-state index contributed by atoms with van der Waals surface area (Å²) < 4.78 is 0. The van der Waals surface area contributed by atoms with Gasteiger partial charge in [-0.25, -0.2) is 9.97 Å². The number of fused-ring (bicyclic) bond motifs is 1. The van der Waals surface area contributed by atoms with Gasteiger partial charge in [-0.2, -0.15) is 0 Å². The van der Waals surface area contributed by atoms with Crippen LogP contribution in [0.1, 0.15) is 11.3 Å².